The van der Waals surface area contributed by atoms with Crippen molar-refractivity contribution in [3.05, 3.63) is 49.5 Å². The van der Waals surface area contributed by atoms with E-state index in [-0.39, 0.29) is 5.56 Å². The van der Waals surface area contributed by atoms with E-state index in [1.807, 2.05) is 19.2 Å². The Morgan fingerprint density at radius 3 is 3.16 bits per heavy atom. The van der Waals surface area contributed by atoms with E-state index < -0.39 is 0 Å². The first-order valence-corrected chi connectivity index (χ1v) is 7.62. The van der Waals surface area contributed by atoms with Crippen LogP contribution >= 0.6 is 22.9 Å². The van der Waals surface area contributed by atoms with Crippen LogP contribution in [0.1, 0.15) is 29.8 Å². The second-order valence-corrected chi connectivity index (χ2v) is 6.47. The minimum Gasteiger partial charge on any atom is -0.377 e. The molecule has 19 heavy (non-hydrogen) atoms. The van der Waals surface area contributed by atoms with Crippen molar-refractivity contribution in [1.82, 2.24) is 4.57 Å². The number of hydrogen-bond acceptors (Lipinski definition) is 3. The van der Waals surface area contributed by atoms with Crippen molar-refractivity contribution in [2.75, 3.05) is 5.32 Å². The average molecular weight is 295 g/mol. The maximum atomic E-state index is 11.6. The maximum absolute atomic E-state index is 11.6. The van der Waals surface area contributed by atoms with Crippen molar-refractivity contribution in [1.29, 1.82) is 0 Å². The minimum atomic E-state index is 0.0405. The minimum absolute atomic E-state index is 0.0405. The van der Waals surface area contributed by atoms with E-state index in [9.17, 15) is 4.79 Å². The average Bonchev–Trinajstić information content (AvgIpc) is 2.92. The van der Waals surface area contributed by atoms with Crippen LogP contribution in [0.2, 0.25) is 4.34 Å². The van der Waals surface area contributed by atoms with Gasteiger partial charge in [0.1, 0.15) is 0 Å². The van der Waals surface area contributed by atoms with Gasteiger partial charge in [0.15, 0.2) is 0 Å². The molecule has 0 fully saturated rings. The number of rotatable bonds is 3. The Bertz CT molecular complexity index is 662. The Morgan fingerprint density at radius 1 is 1.53 bits per heavy atom. The van der Waals surface area contributed by atoms with E-state index in [2.05, 4.69) is 11.4 Å². The predicted molar refractivity (Wildman–Crippen MR) is 80.4 cm³/mol. The fourth-order valence-electron chi connectivity index (χ4n) is 2.55. The molecule has 3 nitrogen and oxygen atoms in total. The third-order valence-electron chi connectivity index (χ3n) is 3.51. The van der Waals surface area contributed by atoms with Crippen LogP contribution in [0.3, 0.4) is 0 Å². The number of thiophene rings is 1. The molecule has 0 saturated heterocycles. The van der Waals surface area contributed by atoms with Gasteiger partial charge in [-0.15, -0.1) is 11.3 Å². The Kier molecular flexibility index (Phi) is 3.37. The molecule has 0 saturated carbocycles. The lowest BCUT2D eigenvalue weighted by Crippen LogP contribution is -2.18. The summed E-state index contributed by atoms with van der Waals surface area (Å²) < 4.78 is 2.56. The normalized spacial score (nSPS) is 17.5. The summed E-state index contributed by atoms with van der Waals surface area (Å²) in [4.78, 5) is 12.9. The number of aromatic nitrogens is 1. The number of aryl methyl sites for hydroxylation is 2. The summed E-state index contributed by atoms with van der Waals surface area (Å²) in [6.07, 6.45) is 4.05. The summed E-state index contributed by atoms with van der Waals surface area (Å²) in [5, 5.41) is 3.50. The van der Waals surface area contributed by atoms with Crippen LogP contribution in [0.4, 0.5) is 5.69 Å². The molecule has 5 heteroatoms. The van der Waals surface area contributed by atoms with Crippen LogP contribution in [0.25, 0.3) is 0 Å². The number of pyridine rings is 1. The highest BCUT2D eigenvalue weighted by molar-refractivity contribution is 7.16. The molecular weight excluding hydrogens is 280 g/mol. The molecule has 1 aliphatic rings. The van der Waals surface area contributed by atoms with E-state index in [0.717, 1.165) is 22.9 Å². The van der Waals surface area contributed by atoms with Crippen molar-refractivity contribution in [3.8, 4) is 0 Å². The molecule has 2 aromatic rings. The summed E-state index contributed by atoms with van der Waals surface area (Å²) >= 11 is 7.73. The molecule has 0 radical (unpaired) electrons. The Morgan fingerprint density at radius 2 is 2.37 bits per heavy atom. The molecule has 0 amide bonds. The third-order valence-corrected chi connectivity index (χ3v) is 4.85. The molecule has 0 spiro atoms. The van der Waals surface area contributed by atoms with Crippen LogP contribution < -0.4 is 10.9 Å². The number of hydrogen-bond donors (Lipinski definition) is 1. The van der Waals surface area contributed by atoms with Gasteiger partial charge in [0.25, 0.3) is 5.56 Å². The topological polar surface area (TPSA) is 34.0 Å². The van der Waals surface area contributed by atoms with Gasteiger partial charge in [0, 0.05) is 23.7 Å². The zero-order valence-corrected chi connectivity index (χ0v) is 12.2. The molecule has 0 bridgehead atoms. The van der Waals surface area contributed by atoms with Crippen molar-refractivity contribution >= 4 is 28.6 Å². The molecule has 0 aromatic carbocycles. The second kappa shape index (κ2) is 5.02. The molecule has 100 valence electrons. The highest BCUT2D eigenvalue weighted by Gasteiger charge is 2.24. The van der Waals surface area contributed by atoms with Gasteiger partial charge in [-0.2, -0.15) is 0 Å². The predicted octanol–water partition coefficient (Wildman–Crippen LogP) is 3.68. The Labute approximate surface area is 120 Å². The monoisotopic (exact) mass is 294 g/mol. The molecule has 2 aromatic heterocycles. The molecule has 1 N–H and O–H groups in total. The highest BCUT2D eigenvalue weighted by Crippen LogP contribution is 2.40. The summed E-state index contributed by atoms with van der Waals surface area (Å²) in [6.45, 7) is 2.66. The lowest BCUT2D eigenvalue weighted by atomic mass is 10.1. The molecule has 3 rings (SSSR count). The van der Waals surface area contributed by atoms with Gasteiger partial charge in [0.05, 0.1) is 16.1 Å². The van der Waals surface area contributed by atoms with Gasteiger partial charge >= 0.3 is 0 Å². The Balaban J connectivity index is 1.85. The third kappa shape index (κ3) is 2.42. The molecular formula is C14H15ClN2OS. The SMILES string of the molecule is CCn1cc(NC2CCc3sc(Cl)cc32)ccc1=O. The van der Waals surface area contributed by atoms with Crippen LogP contribution in [0, 0.1) is 0 Å². The number of halogens is 1. The summed E-state index contributed by atoms with van der Waals surface area (Å²) in [7, 11) is 0. The van der Waals surface area contributed by atoms with Gasteiger partial charge < -0.3 is 9.88 Å². The van der Waals surface area contributed by atoms with Crippen molar-refractivity contribution in [2.45, 2.75) is 32.4 Å². The second-order valence-electron chi connectivity index (χ2n) is 4.71. The zero-order chi connectivity index (χ0) is 13.4. The van der Waals surface area contributed by atoms with Crippen molar-refractivity contribution in [2.24, 2.45) is 0 Å². The van der Waals surface area contributed by atoms with Gasteiger partial charge in [-0.1, -0.05) is 11.6 Å². The number of anilines is 1. The van der Waals surface area contributed by atoms with Gasteiger partial charge in [0.2, 0.25) is 0 Å². The van der Waals surface area contributed by atoms with Crippen LogP contribution in [-0.2, 0) is 13.0 Å². The number of nitrogens with one attached hydrogen (secondary N) is 1. The summed E-state index contributed by atoms with van der Waals surface area (Å²) in [5.41, 5.74) is 2.34. The zero-order valence-electron chi connectivity index (χ0n) is 10.6. The number of nitrogens with zero attached hydrogens (tertiary/aromatic N) is 1. The van der Waals surface area contributed by atoms with E-state index >= 15 is 0 Å². The summed E-state index contributed by atoms with van der Waals surface area (Å²) in [6, 6.07) is 5.83. The van der Waals surface area contributed by atoms with Gasteiger partial charge in [-0.3, -0.25) is 4.79 Å². The van der Waals surface area contributed by atoms with Crippen molar-refractivity contribution in [3.63, 3.8) is 0 Å². The Hall–Kier alpha value is -1.26. The molecule has 1 atom stereocenters. The van der Waals surface area contributed by atoms with E-state index in [0.29, 0.717) is 12.6 Å². The molecule has 0 aliphatic heterocycles. The largest absolute Gasteiger partial charge is 0.377 e. The fraction of sp³-hybridized carbons (Fsp3) is 0.357. The first-order chi connectivity index (χ1) is 9.17. The summed E-state index contributed by atoms with van der Waals surface area (Å²) in [5.74, 6) is 0. The van der Waals surface area contributed by atoms with Crippen LogP contribution in [-0.4, -0.2) is 4.57 Å². The number of fused-ring (bicyclic) bond motifs is 1. The van der Waals surface area contributed by atoms with Gasteiger partial charge in [-0.05, 0) is 37.5 Å². The molecule has 1 aliphatic carbocycles. The lowest BCUT2D eigenvalue weighted by Gasteiger charge is -2.15. The lowest BCUT2D eigenvalue weighted by molar-refractivity contribution is 0.718. The first kappa shape index (κ1) is 12.8. The smallest absolute Gasteiger partial charge is 0.250 e. The maximum Gasteiger partial charge on any atom is 0.250 e. The highest BCUT2D eigenvalue weighted by atomic mass is 35.5. The first-order valence-electron chi connectivity index (χ1n) is 6.42. The van der Waals surface area contributed by atoms with E-state index in [1.165, 1.54) is 10.4 Å². The van der Waals surface area contributed by atoms with E-state index in [4.69, 9.17) is 11.6 Å². The van der Waals surface area contributed by atoms with Crippen LogP contribution in [0.5, 0.6) is 0 Å². The van der Waals surface area contributed by atoms with E-state index in [1.54, 1.807) is 22.0 Å². The standard InChI is InChI=1S/C14H15ClN2OS/c1-2-17-8-9(3-6-14(17)18)16-11-4-5-12-10(11)7-13(15)19-12/h3,6-8,11,16H,2,4-5H2,1H3. The van der Waals surface area contributed by atoms with Crippen LogP contribution in [0.15, 0.2) is 29.2 Å². The van der Waals surface area contributed by atoms with Crippen molar-refractivity contribution < 1.29 is 0 Å². The molecule has 1 unspecified atom stereocenters. The quantitative estimate of drug-likeness (QED) is 0.937. The fourth-order valence-corrected chi connectivity index (χ4v) is 3.90. The van der Waals surface area contributed by atoms with Gasteiger partial charge in [-0.25, -0.2) is 0 Å². The molecule has 2 heterocycles.